The van der Waals surface area contributed by atoms with Gasteiger partial charge in [0, 0.05) is 32.9 Å². The molecule has 0 N–H and O–H groups in total. The van der Waals surface area contributed by atoms with Crippen LogP contribution in [-0.4, -0.2) is 15.0 Å². The van der Waals surface area contributed by atoms with Crippen LogP contribution < -0.4 is 0 Å². The molecule has 8 rings (SSSR count). The van der Waals surface area contributed by atoms with Crippen molar-refractivity contribution in [2.24, 2.45) is 0 Å². The third-order valence-corrected chi connectivity index (χ3v) is 8.13. The molecule has 0 spiro atoms. The van der Waals surface area contributed by atoms with Crippen LogP contribution >= 0.6 is 0 Å². The lowest BCUT2D eigenvalue weighted by molar-refractivity contribution is 0.661. The number of hydrogen-bond acceptors (Lipinski definition) is 4. The molecule has 5 aromatic carbocycles. The molecule has 0 fully saturated rings. The summed E-state index contributed by atoms with van der Waals surface area (Å²) in [5.74, 6) is 1.94. The largest absolute Gasteiger partial charge is 0.456 e. The molecule has 0 saturated carbocycles. The first-order valence-corrected chi connectivity index (χ1v) is 13.5. The number of aromatic nitrogens is 3. The van der Waals surface area contributed by atoms with E-state index in [0.717, 1.165) is 38.6 Å². The van der Waals surface area contributed by atoms with Crippen LogP contribution in [0.1, 0.15) is 25.0 Å². The van der Waals surface area contributed by atoms with E-state index in [1.165, 1.54) is 22.3 Å². The Labute approximate surface area is 232 Å². The van der Waals surface area contributed by atoms with Crippen molar-refractivity contribution in [3.05, 3.63) is 126 Å². The summed E-state index contributed by atoms with van der Waals surface area (Å²) in [5.41, 5.74) is 9.47. The highest BCUT2D eigenvalue weighted by atomic mass is 16.3. The van der Waals surface area contributed by atoms with Crippen molar-refractivity contribution in [1.29, 1.82) is 0 Å². The Hall–Kier alpha value is -5.09. The number of para-hydroxylation sites is 1. The Morgan fingerprint density at radius 3 is 2.02 bits per heavy atom. The second-order valence-corrected chi connectivity index (χ2v) is 10.9. The number of nitrogens with zero attached hydrogens (tertiary/aromatic N) is 3. The number of furan rings is 1. The fourth-order valence-electron chi connectivity index (χ4n) is 6.24. The second kappa shape index (κ2) is 8.45. The first kappa shape index (κ1) is 22.9. The predicted octanol–water partition coefficient (Wildman–Crippen LogP) is 9.08. The highest BCUT2D eigenvalue weighted by Gasteiger charge is 2.38. The Balaban J connectivity index is 1.36. The molecule has 0 radical (unpaired) electrons. The van der Waals surface area contributed by atoms with Crippen molar-refractivity contribution in [3.8, 4) is 45.3 Å². The van der Waals surface area contributed by atoms with Gasteiger partial charge in [-0.25, -0.2) is 15.0 Å². The molecule has 1 aliphatic carbocycles. The van der Waals surface area contributed by atoms with Gasteiger partial charge in [0.1, 0.15) is 11.2 Å². The molecule has 0 aliphatic heterocycles. The van der Waals surface area contributed by atoms with Gasteiger partial charge in [-0.1, -0.05) is 111 Å². The number of hydrogen-bond donors (Lipinski definition) is 0. The van der Waals surface area contributed by atoms with Crippen molar-refractivity contribution < 1.29 is 4.42 Å². The molecule has 4 nitrogen and oxygen atoms in total. The molecule has 0 amide bonds. The molecule has 2 aromatic heterocycles. The van der Waals surface area contributed by atoms with Gasteiger partial charge in [0.25, 0.3) is 0 Å². The van der Waals surface area contributed by atoms with E-state index in [9.17, 15) is 0 Å². The molecule has 1 aliphatic rings. The maximum atomic E-state index is 6.20. The van der Waals surface area contributed by atoms with Crippen LogP contribution in [0.15, 0.2) is 120 Å². The summed E-state index contributed by atoms with van der Waals surface area (Å²) in [4.78, 5) is 15.1. The molecule has 4 heteroatoms. The van der Waals surface area contributed by atoms with Crippen molar-refractivity contribution >= 4 is 21.9 Å². The average Bonchev–Trinajstić information content (AvgIpc) is 3.49. The van der Waals surface area contributed by atoms with Crippen LogP contribution in [0.25, 0.3) is 67.2 Å². The van der Waals surface area contributed by atoms with E-state index in [1.54, 1.807) is 0 Å². The molecule has 40 heavy (non-hydrogen) atoms. The third-order valence-electron chi connectivity index (χ3n) is 8.13. The van der Waals surface area contributed by atoms with Gasteiger partial charge in [0.2, 0.25) is 0 Å². The Bertz CT molecular complexity index is 2090. The Morgan fingerprint density at radius 2 is 1.15 bits per heavy atom. The van der Waals surface area contributed by atoms with Gasteiger partial charge in [0.15, 0.2) is 17.5 Å². The van der Waals surface area contributed by atoms with Gasteiger partial charge in [-0.3, -0.25) is 0 Å². The van der Waals surface area contributed by atoms with E-state index in [4.69, 9.17) is 19.4 Å². The van der Waals surface area contributed by atoms with Gasteiger partial charge < -0.3 is 4.42 Å². The summed E-state index contributed by atoms with van der Waals surface area (Å²) < 4.78 is 6.20. The number of rotatable bonds is 3. The van der Waals surface area contributed by atoms with Crippen molar-refractivity contribution in [1.82, 2.24) is 15.0 Å². The summed E-state index contributed by atoms with van der Waals surface area (Å²) >= 11 is 0. The van der Waals surface area contributed by atoms with Gasteiger partial charge in [0.05, 0.1) is 0 Å². The summed E-state index contributed by atoms with van der Waals surface area (Å²) in [6.45, 7) is 4.58. The zero-order chi connectivity index (χ0) is 26.8. The summed E-state index contributed by atoms with van der Waals surface area (Å²) in [7, 11) is 0. The maximum absolute atomic E-state index is 6.20. The zero-order valence-electron chi connectivity index (χ0n) is 22.2. The minimum atomic E-state index is -0.185. The van der Waals surface area contributed by atoms with E-state index in [0.29, 0.717) is 17.5 Å². The number of fused-ring (bicyclic) bond motifs is 6. The second-order valence-electron chi connectivity index (χ2n) is 10.9. The molecule has 0 unspecified atom stereocenters. The van der Waals surface area contributed by atoms with Crippen LogP contribution in [0.3, 0.4) is 0 Å². The molecular weight excluding hydrogens is 490 g/mol. The minimum Gasteiger partial charge on any atom is -0.456 e. The lowest BCUT2D eigenvalue weighted by atomic mass is 9.80. The third kappa shape index (κ3) is 3.36. The SMILES string of the molecule is CC1(C)c2ccccc2-c2cccc(-c3nc(-c4ccccc4)nc(-c4ccc5c(c4)oc4ccccc45)n3)c21. The van der Waals surface area contributed by atoms with Crippen molar-refractivity contribution in [2.45, 2.75) is 19.3 Å². The number of benzene rings is 5. The maximum Gasteiger partial charge on any atom is 0.164 e. The van der Waals surface area contributed by atoms with E-state index < -0.39 is 0 Å². The van der Waals surface area contributed by atoms with Gasteiger partial charge in [-0.15, -0.1) is 0 Å². The molecule has 7 aromatic rings. The quantitative estimate of drug-likeness (QED) is 0.235. The highest BCUT2D eigenvalue weighted by Crippen LogP contribution is 2.51. The molecular formula is C36H25N3O. The van der Waals surface area contributed by atoms with E-state index in [2.05, 4.69) is 74.5 Å². The minimum absolute atomic E-state index is 0.185. The van der Waals surface area contributed by atoms with Gasteiger partial charge in [-0.2, -0.15) is 0 Å². The fourth-order valence-corrected chi connectivity index (χ4v) is 6.24. The van der Waals surface area contributed by atoms with Crippen LogP contribution in [0.4, 0.5) is 0 Å². The van der Waals surface area contributed by atoms with E-state index in [1.807, 2.05) is 54.6 Å². The summed E-state index contributed by atoms with van der Waals surface area (Å²) in [6.07, 6.45) is 0. The van der Waals surface area contributed by atoms with Crippen LogP contribution in [0.2, 0.25) is 0 Å². The smallest absolute Gasteiger partial charge is 0.164 e. The topological polar surface area (TPSA) is 51.8 Å². The highest BCUT2D eigenvalue weighted by molar-refractivity contribution is 6.05. The lowest BCUT2D eigenvalue weighted by Crippen LogP contribution is -2.17. The molecule has 0 bridgehead atoms. The standard InChI is InChI=1S/C36H25N3O/c1-36(2)29-17-8-6-13-24(29)27-15-10-16-28(32(27)36)35-38-33(22-11-4-3-5-12-22)37-34(39-35)23-19-20-26-25-14-7-9-18-30(25)40-31(26)21-23/h3-21H,1-2H3. The van der Waals surface area contributed by atoms with Crippen molar-refractivity contribution in [3.63, 3.8) is 0 Å². The predicted molar refractivity (Wildman–Crippen MR) is 161 cm³/mol. The van der Waals surface area contributed by atoms with Crippen LogP contribution in [0.5, 0.6) is 0 Å². The van der Waals surface area contributed by atoms with Crippen LogP contribution in [-0.2, 0) is 5.41 Å². The average molecular weight is 516 g/mol. The van der Waals surface area contributed by atoms with Crippen molar-refractivity contribution in [2.75, 3.05) is 0 Å². The normalized spacial score (nSPS) is 13.4. The van der Waals surface area contributed by atoms with E-state index in [-0.39, 0.29) is 5.41 Å². The lowest BCUT2D eigenvalue weighted by Gasteiger charge is -2.24. The molecule has 0 saturated heterocycles. The molecule has 190 valence electrons. The zero-order valence-corrected chi connectivity index (χ0v) is 22.2. The monoisotopic (exact) mass is 515 g/mol. The summed E-state index contributed by atoms with van der Waals surface area (Å²) in [5, 5.41) is 2.18. The first-order chi connectivity index (χ1) is 19.6. The van der Waals surface area contributed by atoms with Gasteiger partial charge >= 0.3 is 0 Å². The Morgan fingerprint density at radius 1 is 0.500 bits per heavy atom. The van der Waals surface area contributed by atoms with Gasteiger partial charge in [-0.05, 0) is 40.5 Å². The first-order valence-electron chi connectivity index (χ1n) is 13.5. The molecule has 0 atom stereocenters. The summed E-state index contributed by atoms with van der Waals surface area (Å²) in [6, 6.07) is 39.6. The van der Waals surface area contributed by atoms with E-state index >= 15 is 0 Å². The molecule has 2 heterocycles. The van der Waals surface area contributed by atoms with Crippen LogP contribution in [0, 0.1) is 0 Å². The fraction of sp³-hybridized carbons (Fsp3) is 0.0833. The Kier molecular flexibility index (Phi) is 4.83.